The molecule has 1 aromatic heterocycles. The normalized spacial score (nSPS) is 18.7. The lowest BCUT2D eigenvalue weighted by Crippen LogP contribution is -2.25. The first-order valence-corrected chi connectivity index (χ1v) is 6.34. The molecule has 1 aliphatic rings. The molecule has 2 heterocycles. The zero-order valence-corrected chi connectivity index (χ0v) is 10.9. The van der Waals surface area contributed by atoms with Crippen LogP contribution in [0.15, 0.2) is 28.8 Å². The number of para-hydroxylation sites is 1. The summed E-state index contributed by atoms with van der Waals surface area (Å²) in [6.45, 7) is 0.581. The van der Waals surface area contributed by atoms with Gasteiger partial charge in [-0.2, -0.15) is 4.98 Å². The molecule has 1 saturated heterocycles. The summed E-state index contributed by atoms with van der Waals surface area (Å²) in [6, 6.07) is 6.10. The van der Waals surface area contributed by atoms with Gasteiger partial charge in [-0.1, -0.05) is 17.3 Å². The molecule has 1 aliphatic heterocycles. The van der Waals surface area contributed by atoms with Crippen LogP contribution in [0.2, 0.25) is 0 Å². The van der Waals surface area contributed by atoms with Gasteiger partial charge in [0.05, 0.1) is 18.1 Å². The van der Waals surface area contributed by atoms with Crippen LogP contribution in [0.25, 0.3) is 11.4 Å². The van der Waals surface area contributed by atoms with E-state index in [0.717, 1.165) is 0 Å². The van der Waals surface area contributed by atoms with Crippen molar-refractivity contribution in [2.45, 2.75) is 12.3 Å². The quantitative estimate of drug-likeness (QED) is 0.625. The van der Waals surface area contributed by atoms with Gasteiger partial charge in [0.15, 0.2) is 0 Å². The minimum atomic E-state index is -0.595. The van der Waals surface area contributed by atoms with Gasteiger partial charge in [0.2, 0.25) is 11.7 Å². The van der Waals surface area contributed by atoms with Gasteiger partial charge in [0, 0.05) is 12.5 Å². The third-order valence-corrected chi connectivity index (χ3v) is 3.25. The summed E-state index contributed by atoms with van der Waals surface area (Å²) in [7, 11) is 0. The van der Waals surface area contributed by atoms with Crippen LogP contribution >= 0.6 is 0 Å². The Bertz CT molecular complexity index is 697. The van der Waals surface area contributed by atoms with Crippen LogP contribution in [0, 0.1) is 10.1 Å². The number of nitrogens with zero attached hydrogens (tertiary/aromatic N) is 3. The highest BCUT2D eigenvalue weighted by molar-refractivity contribution is 5.85. The minimum absolute atomic E-state index is 0.0287. The number of benzene rings is 1. The van der Waals surface area contributed by atoms with E-state index in [9.17, 15) is 14.9 Å². The largest absolute Gasteiger partial charge is 0.380 e. The molecule has 0 amide bonds. The molecule has 8 nitrogen and oxygen atoms in total. The van der Waals surface area contributed by atoms with E-state index in [2.05, 4.69) is 10.1 Å². The lowest BCUT2D eigenvalue weighted by atomic mass is 10.0. The molecule has 2 aromatic rings. The Morgan fingerprint density at radius 2 is 2.14 bits per heavy atom. The van der Waals surface area contributed by atoms with Crippen LogP contribution in [0.3, 0.4) is 0 Å². The number of ketones is 1. The molecule has 21 heavy (non-hydrogen) atoms. The molecule has 3 rings (SSSR count). The zero-order chi connectivity index (χ0) is 14.8. The summed E-state index contributed by atoms with van der Waals surface area (Å²) >= 11 is 0. The standard InChI is InChI=1S/C13H11N3O5/c17-11-5-6-20-7-9(11)13-14-12(15-21-13)8-3-1-2-4-10(8)16(18)19/h1-4,9H,5-7H2. The Labute approximate surface area is 118 Å². The lowest BCUT2D eigenvalue weighted by Gasteiger charge is -2.16. The van der Waals surface area contributed by atoms with Gasteiger partial charge in [0.25, 0.3) is 5.69 Å². The van der Waals surface area contributed by atoms with Crippen LogP contribution in [-0.2, 0) is 9.53 Å². The Hall–Kier alpha value is -2.61. The number of nitro groups is 1. The molecule has 1 aromatic carbocycles. The number of carbonyl (C=O) groups is 1. The topological polar surface area (TPSA) is 108 Å². The predicted molar refractivity (Wildman–Crippen MR) is 69.6 cm³/mol. The lowest BCUT2D eigenvalue weighted by molar-refractivity contribution is -0.384. The highest BCUT2D eigenvalue weighted by Crippen LogP contribution is 2.29. The molecule has 0 N–H and O–H groups in total. The maximum Gasteiger partial charge on any atom is 0.280 e. The number of ether oxygens (including phenoxy) is 1. The zero-order valence-electron chi connectivity index (χ0n) is 10.9. The molecule has 8 heteroatoms. The average Bonchev–Trinajstić information content (AvgIpc) is 2.97. The van der Waals surface area contributed by atoms with Crippen LogP contribution in [0.4, 0.5) is 5.69 Å². The van der Waals surface area contributed by atoms with Crippen molar-refractivity contribution in [3.05, 3.63) is 40.3 Å². The van der Waals surface area contributed by atoms with E-state index in [0.29, 0.717) is 13.0 Å². The SMILES string of the molecule is O=C1CCOCC1c1nc(-c2ccccc2[N+](=O)[O-])no1. The van der Waals surface area contributed by atoms with Crippen LogP contribution in [-0.4, -0.2) is 34.1 Å². The van der Waals surface area contributed by atoms with Crippen molar-refractivity contribution >= 4 is 11.5 Å². The van der Waals surface area contributed by atoms with Crippen molar-refractivity contribution < 1.29 is 19.0 Å². The third-order valence-electron chi connectivity index (χ3n) is 3.25. The van der Waals surface area contributed by atoms with Crippen LogP contribution < -0.4 is 0 Å². The molecule has 1 unspecified atom stereocenters. The molecule has 0 bridgehead atoms. The Kier molecular flexibility index (Phi) is 3.44. The summed E-state index contributed by atoms with van der Waals surface area (Å²) in [5.74, 6) is -0.398. The maximum atomic E-state index is 11.8. The van der Waals surface area contributed by atoms with Gasteiger partial charge in [-0.15, -0.1) is 0 Å². The fraction of sp³-hybridized carbons (Fsp3) is 0.308. The summed E-state index contributed by atoms with van der Waals surface area (Å²) in [5.41, 5.74) is 0.137. The second-order valence-corrected chi connectivity index (χ2v) is 4.57. The van der Waals surface area contributed by atoms with E-state index in [1.807, 2.05) is 0 Å². The fourth-order valence-corrected chi connectivity index (χ4v) is 2.16. The number of Topliss-reactive ketones (excluding diaryl/α,β-unsaturated/α-hetero) is 1. The maximum absolute atomic E-state index is 11.8. The molecular weight excluding hydrogens is 278 g/mol. The first kappa shape index (κ1) is 13.4. The first-order chi connectivity index (χ1) is 10.2. The highest BCUT2D eigenvalue weighted by atomic mass is 16.6. The molecule has 0 saturated carbocycles. The Morgan fingerprint density at radius 1 is 1.33 bits per heavy atom. The van der Waals surface area contributed by atoms with Crippen molar-refractivity contribution in [1.29, 1.82) is 0 Å². The number of aromatic nitrogens is 2. The first-order valence-electron chi connectivity index (χ1n) is 6.34. The number of rotatable bonds is 3. The van der Waals surface area contributed by atoms with Gasteiger partial charge < -0.3 is 9.26 Å². The minimum Gasteiger partial charge on any atom is -0.380 e. The number of hydrogen-bond donors (Lipinski definition) is 0. The van der Waals surface area contributed by atoms with Gasteiger partial charge in [-0.05, 0) is 6.07 Å². The molecule has 1 fully saturated rings. The predicted octanol–water partition coefficient (Wildman–Crippen LogP) is 1.72. The summed E-state index contributed by atoms with van der Waals surface area (Å²) in [6.07, 6.45) is 0.299. The third kappa shape index (κ3) is 2.52. The van der Waals surface area contributed by atoms with Crippen molar-refractivity contribution in [1.82, 2.24) is 10.1 Å². The monoisotopic (exact) mass is 289 g/mol. The molecule has 0 aliphatic carbocycles. The van der Waals surface area contributed by atoms with E-state index in [1.54, 1.807) is 12.1 Å². The van der Waals surface area contributed by atoms with Crippen molar-refractivity contribution in [2.24, 2.45) is 0 Å². The van der Waals surface area contributed by atoms with E-state index in [-0.39, 0.29) is 35.4 Å². The summed E-state index contributed by atoms with van der Waals surface area (Å²) in [4.78, 5) is 26.4. The molecule has 0 spiro atoms. The molecule has 1 atom stereocenters. The van der Waals surface area contributed by atoms with Gasteiger partial charge >= 0.3 is 0 Å². The van der Waals surface area contributed by atoms with Crippen LogP contribution in [0.1, 0.15) is 18.2 Å². The van der Waals surface area contributed by atoms with Gasteiger partial charge in [-0.3, -0.25) is 14.9 Å². The van der Waals surface area contributed by atoms with Gasteiger partial charge in [-0.25, -0.2) is 0 Å². The number of hydrogen-bond acceptors (Lipinski definition) is 7. The second-order valence-electron chi connectivity index (χ2n) is 4.57. The molecular formula is C13H11N3O5. The smallest absolute Gasteiger partial charge is 0.280 e. The van der Waals surface area contributed by atoms with E-state index < -0.39 is 10.8 Å². The van der Waals surface area contributed by atoms with E-state index >= 15 is 0 Å². The van der Waals surface area contributed by atoms with Crippen molar-refractivity contribution in [2.75, 3.05) is 13.2 Å². The summed E-state index contributed by atoms with van der Waals surface area (Å²) in [5, 5.41) is 14.7. The van der Waals surface area contributed by atoms with Gasteiger partial charge in [0.1, 0.15) is 17.3 Å². The van der Waals surface area contributed by atoms with Crippen molar-refractivity contribution in [3.63, 3.8) is 0 Å². The van der Waals surface area contributed by atoms with E-state index in [1.165, 1.54) is 12.1 Å². The second kappa shape index (κ2) is 5.41. The van der Waals surface area contributed by atoms with Crippen molar-refractivity contribution in [3.8, 4) is 11.4 Å². The summed E-state index contributed by atoms with van der Waals surface area (Å²) < 4.78 is 10.3. The molecule has 108 valence electrons. The Morgan fingerprint density at radius 3 is 2.90 bits per heavy atom. The highest BCUT2D eigenvalue weighted by Gasteiger charge is 2.30. The Balaban J connectivity index is 1.95. The average molecular weight is 289 g/mol. The number of nitro benzene ring substituents is 1. The fourth-order valence-electron chi connectivity index (χ4n) is 2.16. The van der Waals surface area contributed by atoms with E-state index in [4.69, 9.17) is 9.26 Å². The van der Waals surface area contributed by atoms with Crippen LogP contribution in [0.5, 0.6) is 0 Å². The molecule has 0 radical (unpaired) electrons. The number of carbonyl (C=O) groups excluding carboxylic acids is 1.